The van der Waals surface area contributed by atoms with Crippen molar-refractivity contribution in [2.75, 3.05) is 13.1 Å². The monoisotopic (exact) mass is 337 g/mol. The average Bonchev–Trinajstić information content (AvgIpc) is 2.63. The third kappa shape index (κ3) is 4.15. The van der Waals surface area contributed by atoms with E-state index < -0.39 is 0 Å². The molecule has 4 heteroatoms. The Morgan fingerprint density at radius 3 is 2.40 bits per heavy atom. The Bertz CT molecular complexity index is 777. The molecule has 0 aliphatic carbocycles. The number of nitrogens with zero attached hydrogens (tertiary/aromatic N) is 1. The van der Waals surface area contributed by atoms with E-state index >= 15 is 0 Å². The molecular formula is C21H25N2O2+. The van der Waals surface area contributed by atoms with E-state index in [-0.39, 0.29) is 11.7 Å². The SMILES string of the molecule is CC(=O)c1cccc(-c2ccccc2[NH2+]C2CCN(C(C)=O)CC2)c1. The highest BCUT2D eigenvalue weighted by Gasteiger charge is 2.24. The van der Waals surface area contributed by atoms with Crippen LogP contribution in [0.5, 0.6) is 0 Å². The molecule has 0 radical (unpaired) electrons. The van der Waals surface area contributed by atoms with Gasteiger partial charge in [-0.05, 0) is 30.7 Å². The lowest BCUT2D eigenvalue weighted by Gasteiger charge is -2.30. The molecule has 130 valence electrons. The second kappa shape index (κ2) is 7.62. The molecule has 0 spiro atoms. The Morgan fingerprint density at radius 1 is 1.00 bits per heavy atom. The fraction of sp³-hybridized carbons (Fsp3) is 0.333. The smallest absolute Gasteiger partial charge is 0.219 e. The number of amides is 1. The van der Waals surface area contributed by atoms with Crippen LogP contribution in [0.15, 0.2) is 48.5 Å². The molecule has 1 saturated heterocycles. The second-order valence-electron chi connectivity index (χ2n) is 6.73. The summed E-state index contributed by atoms with van der Waals surface area (Å²) in [4.78, 5) is 25.1. The topological polar surface area (TPSA) is 54.0 Å². The van der Waals surface area contributed by atoms with Gasteiger partial charge in [0.1, 0.15) is 5.69 Å². The van der Waals surface area contributed by atoms with Gasteiger partial charge in [-0.25, -0.2) is 0 Å². The molecule has 0 aromatic heterocycles. The molecule has 1 heterocycles. The van der Waals surface area contributed by atoms with E-state index in [9.17, 15) is 9.59 Å². The number of benzene rings is 2. The third-order valence-electron chi connectivity index (χ3n) is 4.94. The van der Waals surface area contributed by atoms with Gasteiger partial charge in [0.25, 0.3) is 0 Å². The van der Waals surface area contributed by atoms with Crippen LogP contribution in [0.2, 0.25) is 0 Å². The van der Waals surface area contributed by atoms with Crippen LogP contribution in [0.1, 0.15) is 37.0 Å². The highest BCUT2D eigenvalue weighted by atomic mass is 16.2. The number of Topliss-reactive ketones (excluding diaryl/α,β-unsaturated/α-hetero) is 1. The van der Waals surface area contributed by atoms with Gasteiger partial charge in [-0.1, -0.05) is 30.3 Å². The number of quaternary nitrogens is 1. The number of carbonyl (C=O) groups excluding carboxylic acids is 2. The number of rotatable bonds is 4. The van der Waals surface area contributed by atoms with Crippen molar-refractivity contribution in [2.24, 2.45) is 0 Å². The molecule has 1 fully saturated rings. The van der Waals surface area contributed by atoms with Crippen molar-refractivity contribution in [3.63, 3.8) is 0 Å². The number of nitrogens with two attached hydrogens (primary N) is 1. The molecule has 2 aromatic carbocycles. The summed E-state index contributed by atoms with van der Waals surface area (Å²) in [7, 11) is 0. The first-order chi connectivity index (χ1) is 12.0. The van der Waals surface area contributed by atoms with E-state index in [1.165, 1.54) is 5.69 Å². The average molecular weight is 337 g/mol. The van der Waals surface area contributed by atoms with Gasteiger partial charge in [-0.15, -0.1) is 0 Å². The standard InChI is InChI=1S/C21H24N2O2/c1-15(24)17-6-5-7-18(14-17)20-8-3-4-9-21(20)22-19-10-12-23(13-11-19)16(2)25/h3-9,14,19,22H,10-13H2,1-2H3/p+1. The van der Waals surface area contributed by atoms with Crippen LogP contribution in [0.3, 0.4) is 0 Å². The van der Waals surface area contributed by atoms with Crippen LogP contribution >= 0.6 is 0 Å². The lowest BCUT2D eigenvalue weighted by molar-refractivity contribution is -0.613. The van der Waals surface area contributed by atoms with Gasteiger partial charge in [0.15, 0.2) is 5.78 Å². The van der Waals surface area contributed by atoms with E-state index in [1.807, 2.05) is 29.2 Å². The molecule has 0 saturated carbocycles. The summed E-state index contributed by atoms with van der Waals surface area (Å²) in [5.41, 5.74) is 4.16. The molecule has 1 amide bonds. The normalized spacial score (nSPS) is 15.2. The van der Waals surface area contributed by atoms with Crippen LogP contribution in [0.25, 0.3) is 11.1 Å². The zero-order valence-electron chi connectivity index (χ0n) is 14.9. The lowest BCUT2D eigenvalue weighted by atomic mass is 9.98. The predicted octanol–water partition coefficient (Wildman–Crippen LogP) is 2.76. The molecule has 4 nitrogen and oxygen atoms in total. The summed E-state index contributed by atoms with van der Waals surface area (Å²) < 4.78 is 0. The molecule has 2 aromatic rings. The highest BCUT2D eigenvalue weighted by molar-refractivity contribution is 5.95. The van der Waals surface area contributed by atoms with Gasteiger partial charge in [-0.2, -0.15) is 0 Å². The lowest BCUT2D eigenvalue weighted by Crippen LogP contribution is -2.86. The fourth-order valence-corrected chi connectivity index (χ4v) is 3.45. The van der Waals surface area contributed by atoms with Crippen LogP contribution in [0.4, 0.5) is 5.69 Å². The minimum atomic E-state index is 0.0833. The number of para-hydroxylation sites is 1. The van der Waals surface area contributed by atoms with E-state index in [0.717, 1.165) is 42.6 Å². The summed E-state index contributed by atoms with van der Waals surface area (Å²) >= 11 is 0. The van der Waals surface area contributed by atoms with Gasteiger partial charge in [0.05, 0.1) is 6.04 Å². The maximum absolute atomic E-state index is 11.7. The molecule has 3 rings (SSSR count). The molecule has 1 aliphatic rings. The van der Waals surface area contributed by atoms with Gasteiger partial charge in [0.2, 0.25) is 5.91 Å². The summed E-state index contributed by atoms with van der Waals surface area (Å²) in [5, 5.41) is 2.33. The minimum Gasteiger partial charge on any atom is -0.342 e. The first-order valence-electron chi connectivity index (χ1n) is 8.85. The molecule has 0 unspecified atom stereocenters. The van der Waals surface area contributed by atoms with Gasteiger partial charge in [-0.3, -0.25) is 9.59 Å². The predicted molar refractivity (Wildman–Crippen MR) is 98.7 cm³/mol. The van der Waals surface area contributed by atoms with Gasteiger partial charge < -0.3 is 10.2 Å². The molecule has 2 N–H and O–H groups in total. The maximum atomic E-state index is 11.7. The largest absolute Gasteiger partial charge is 0.342 e. The first-order valence-corrected chi connectivity index (χ1v) is 8.85. The Kier molecular flexibility index (Phi) is 5.29. The van der Waals surface area contributed by atoms with E-state index in [4.69, 9.17) is 0 Å². The zero-order valence-corrected chi connectivity index (χ0v) is 14.9. The maximum Gasteiger partial charge on any atom is 0.219 e. The summed E-state index contributed by atoms with van der Waals surface area (Å²) in [6.07, 6.45) is 2.00. The van der Waals surface area contributed by atoms with Gasteiger partial charge >= 0.3 is 0 Å². The summed E-state index contributed by atoms with van der Waals surface area (Å²) in [6.45, 7) is 4.90. The number of carbonyl (C=O) groups is 2. The molecule has 25 heavy (non-hydrogen) atoms. The number of likely N-dealkylation sites (tertiary alicyclic amines) is 1. The molecule has 0 bridgehead atoms. The Balaban J connectivity index is 1.79. The van der Waals surface area contributed by atoms with Crippen LogP contribution in [-0.4, -0.2) is 35.7 Å². The van der Waals surface area contributed by atoms with Crippen LogP contribution in [0, 0.1) is 0 Å². The second-order valence-corrected chi connectivity index (χ2v) is 6.73. The number of hydrogen-bond acceptors (Lipinski definition) is 2. The molecule has 1 aliphatic heterocycles. The van der Waals surface area contributed by atoms with Crippen molar-refractivity contribution in [3.05, 3.63) is 54.1 Å². The van der Waals surface area contributed by atoms with Crippen molar-refractivity contribution in [1.82, 2.24) is 4.90 Å². The van der Waals surface area contributed by atoms with Crippen molar-refractivity contribution >= 4 is 17.4 Å². The minimum absolute atomic E-state index is 0.0833. The van der Waals surface area contributed by atoms with Crippen LogP contribution < -0.4 is 5.32 Å². The van der Waals surface area contributed by atoms with Crippen molar-refractivity contribution < 1.29 is 14.9 Å². The zero-order chi connectivity index (χ0) is 17.8. The number of hydrogen-bond donors (Lipinski definition) is 1. The Hall–Kier alpha value is -2.46. The number of piperidine rings is 1. The van der Waals surface area contributed by atoms with E-state index in [2.05, 4.69) is 29.6 Å². The van der Waals surface area contributed by atoms with Crippen molar-refractivity contribution in [3.8, 4) is 11.1 Å². The highest BCUT2D eigenvalue weighted by Crippen LogP contribution is 2.26. The summed E-state index contributed by atoms with van der Waals surface area (Å²) in [5.74, 6) is 0.250. The molecular weight excluding hydrogens is 312 g/mol. The third-order valence-corrected chi connectivity index (χ3v) is 4.94. The molecule has 0 atom stereocenters. The fourth-order valence-electron chi connectivity index (χ4n) is 3.45. The van der Waals surface area contributed by atoms with E-state index in [1.54, 1.807) is 13.8 Å². The number of ketones is 1. The Labute approximate surface area is 148 Å². The van der Waals surface area contributed by atoms with Crippen LogP contribution in [-0.2, 0) is 4.79 Å². The first kappa shape index (κ1) is 17.4. The van der Waals surface area contributed by atoms with E-state index in [0.29, 0.717) is 6.04 Å². The van der Waals surface area contributed by atoms with Gasteiger partial charge in [0, 0.05) is 44.0 Å². The quantitative estimate of drug-likeness (QED) is 0.689. The summed E-state index contributed by atoms with van der Waals surface area (Å²) in [6, 6.07) is 16.6. The Morgan fingerprint density at radius 2 is 1.72 bits per heavy atom. The van der Waals surface area contributed by atoms with Crippen molar-refractivity contribution in [1.29, 1.82) is 0 Å². The van der Waals surface area contributed by atoms with Crippen molar-refractivity contribution in [2.45, 2.75) is 32.7 Å².